The number of pyridine rings is 1. The van der Waals surface area contributed by atoms with E-state index in [2.05, 4.69) is 20.0 Å². The highest BCUT2D eigenvalue weighted by Crippen LogP contribution is 2.32. The maximum Gasteiger partial charge on any atom is 0.261 e. The third kappa shape index (κ3) is 4.20. The Morgan fingerprint density at radius 3 is 2.58 bits per heavy atom. The number of hydrogen-bond acceptors (Lipinski definition) is 5. The second-order valence-corrected chi connectivity index (χ2v) is 9.77. The van der Waals surface area contributed by atoms with Crippen LogP contribution in [0.1, 0.15) is 31.2 Å². The molecule has 2 heterocycles. The Bertz CT molecular complexity index is 1260. The molecule has 0 bridgehead atoms. The summed E-state index contributed by atoms with van der Waals surface area (Å²) in [6, 6.07) is 6.09. The van der Waals surface area contributed by atoms with Gasteiger partial charge in [-0.15, -0.1) is 0 Å². The number of sulfonamides is 1. The number of aromatic nitrogens is 3. The molecule has 164 valence electrons. The van der Waals surface area contributed by atoms with Gasteiger partial charge >= 0.3 is 0 Å². The van der Waals surface area contributed by atoms with E-state index in [1.165, 1.54) is 36.3 Å². The molecule has 1 aromatic carbocycles. The predicted molar refractivity (Wildman–Crippen MR) is 118 cm³/mol. The van der Waals surface area contributed by atoms with Gasteiger partial charge in [0.15, 0.2) is 0 Å². The number of halogens is 1. The first-order valence-electron chi connectivity index (χ1n) is 10.0. The summed E-state index contributed by atoms with van der Waals surface area (Å²) in [5.74, 6) is -0.354. The molecule has 0 atom stereocenters. The van der Waals surface area contributed by atoms with Crippen LogP contribution in [0.2, 0.25) is 0 Å². The lowest BCUT2D eigenvalue weighted by molar-refractivity contribution is 0.585. The molecule has 0 amide bonds. The van der Waals surface area contributed by atoms with Crippen LogP contribution < -0.4 is 15.6 Å². The number of H-pyrrole nitrogens is 1. The molecule has 0 saturated heterocycles. The van der Waals surface area contributed by atoms with Gasteiger partial charge in [0.25, 0.3) is 5.56 Å². The Balaban J connectivity index is 1.84. The first kappa shape index (κ1) is 21.1. The molecule has 0 aliphatic heterocycles. The average molecular weight is 446 g/mol. The van der Waals surface area contributed by atoms with Crippen molar-refractivity contribution in [3.05, 3.63) is 58.5 Å². The van der Waals surface area contributed by atoms with E-state index < -0.39 is 21.1 Å². The maximum absolute atomic E-state index is 14.5. The van der Waals surface area contributed by atoms with E-state index in [1.54, 1.807) is 19.1 Å². The molecule has 1 aliphatic rings. The first-order chi connectivity index (χ1) is 14.8. The molecule has 3 aromatic rings. The SMILES string of the molecule is Cc1ccc(Nc2c(NS(=O)(=O)C3CCCC3)cc(-c3cnc[nH]3)c(=O)n2C)c(F)c1. The minimum atomic E-state index is -3.68. The summed E-state index contributed by atoms with van der Waals surface area (Å²) in [6.45, 7) is 1.77. The van der Waals surface area contributed by atoms with Crippen molar-refractivity contribution in [2.75, 3.05) is 10.0 Å². The first-order valence-corrected chi connectivity index (χ1v) is 11.6. The summed E-state index contributed by atoms with van der Waals surface area (Å²) < 4.78 is 44.4. The van der Waals surface area contributed by atoms with Gasteiger partial charge in [0.2, 0.25) is 10.0 Å². The van der Waals surface area contributed by atoms with Crippen LogP contribution in [-0.2, 0) is 17.1 Å². The topological polar surface area (TPSA) is 109 Å². The molecule has 1 aliphatic carbocycles. The normalized spacial score (nSPS) is 14.7. The van der Waals surface area contributed by atoms with Gasteiger partial charge in [-0.05, 0) is 43.5 Å². The highest BCUT2D eigenvalue weighted by molar-refractivity contribution is 7.93. The Kier molecular flexibility index (Phi) is 5.57. The predicted octanol–water partition coefficient (Wildman–Crippen LogP) is 3.65. The van der Waals surface area contributed by atoms with E-state index in [-0.39, 0.29) is 28.3 Å². The zero-order valence-corrected chi connectivity index (χ0v) is 18.1. The van der Waals surface area contributed by atoms with Crippen molar-refractivity contribution in [1.29, 1.82) is 0 Å². The van der Waals surface area contributed by atoms with Crippen LogP contribution in [0.3, 0.4) is 0 Å². The fourth-order valence-electron chi connectivity index (χ4n) is 3.85. The zero-order chi connectivity index (χ0) is 22.2. The largest absolute Gasteiger partial charge is 0.344 e. The minimum Gasteiger partial charge on any atom is -0.344 e. The molecule has 2 aromatic heterocycles. The number of rotatable bonds is 6. The van der Waals surface area contributed by atoms with E-state index in [1.807, 2.05) is 0 Å². The third-order valence-electron chi connectivity index (χ3n) is 5.57. The van der Waals surface area contributed by atoms with Crippen molar-refractivity contribution < 1.29 is 12.8 Å². The van der Waals surface area contributed by atoms with Crippen molar-refractivity contribution in [3.63, 3.8) is 0 Å². The fourth-order valence-corrected chi connectivity index (χ4v) is 5.43. The van der Waals surface area contributed by atoms with Gasteiger partial charge in [0, 0.05) is 7.05 Å². The summed E-state index contributed by atoms with van der Waals surface area (Å²) in [4.78, 5) is 19.8. The second-order valence-electron chi connectivity index (χ2n) is 7.81. The molecule has 1 fully saturated rings. The van der Waals surface area contributed by atoms with Gasteiger partial charge in [-0.3, -0.25) is 14.1 Å². The molecule has 8 nitrogen and oxygen atoms in total. The summed E-state index contributed by atoms with van der Waals surface area (Å²) in [7, 11) is -2.18. The van der Waals surface area contributed by atoms with E-state index in [9.17, 15) is 17.6 Å². The van der Waals surface area contributed by atoms with Gasteiger partial charge < -0.3 is 10.3 Å². The molecular formula is C21H24FN5O3S. The maximum atomic E-state index is 14.5. The molecule has 3 N–H and O–H groups in total. The van der Waals surface area contributed by atoms with Crippen LogP contribution in [0.25, 0.3) is 11.3 Å². The molecule has 1 saturated carbocycles. The van der Waals surface area contributed by atoms with Crippen molar-refractivity contribution in [3.8, 4) is 11.3 Å². The van der Waals surface area contributed by atoms with Crippen LogP contribution in [0, 0.1) is 12.7 Å². The highest BCUT2D eigenvalue weighted by Gasteiger charge is 2.30. The molecule has 0 radical (unpaired) electrons. The molecule has 0 spiro atoms. The summed E-state index contributed by atoms with van der Waals surface area (Å²) >= 11 is 0. The average Bonchev–Trinajstić information content (AvgIpc) is 3.43. The smallest absolute Gasteiger partial charge is 0.261 e. The molecule has 0 unspecified atom stereocenters. The Morgan fingerprint density at radius 2 is 1.94 bits per heavy atom. The molecule has 10 heteroatoms. The number of hydrogen-bond donors (Lipinski definition) is 3. The van der Waals surface area contributed by atoms with Crippen LogP contribution in [0.4, 0.5) is 21.6 Å². The van der Waals surface area contributed by atoms with Gasteiger partial charge in [-0.25, -0.2) is 17.8 Å². The van der Waals surface area contributed by atoms with Gasteiger partial charge in [-0.1, -0.05) is 18.9 Å². The van der Waals surface area contributed by atoms with Crippen molar-refractivity contribution in [2.45, 2.75) is 37.9 Å². The van der Waals surface area contributed by atoms with Gasteiger partial charge in [0.05, 0.1) is 40.4 Å². The van der Waals surface area contributed by atoms with Gasteiger partial charge in [-0.2, -0.15) is 0 Å². The summed E-state index contributed by atoms with van der Waals surface area (Å²) in [5.41, 5.74) is 1.36. The van der Waals surface area contributed by atoms with Crippen molar-refractivity contribution >= 4 is 27.2 Å². The fraction of sp³-hybridized carbons (Fsp3) is 0.333. The van der Waals surface area contributed by atoms with E-state index in [0.717, 1.165) is 18.4 Å². The number of aromatic amines is 1. The lowest BCUT2D eigenvalue weighted by Gasteiger charge is -2.20. The van der Waals surface area contributed by atoms with Crippen LogP contribution in [0.5, 0.6) is 0 Å². The number of anilines is 3. The number of aryl methyl sites for hydroxylation is 1. The lowest BCUT2D eigenvalue weighted by Crippen LogP contribution is -2.28. The summed E-state index contributed by atoms with van der Waals surface area (Å²) in [5, 5.41) is 2.40. The quantitative estimate of drug-likeness (QED) is 0.537. The Hall–Kier alpha value is -3.14. The summed E-state index contributed by atoms with van der Waals surface area (Å²) in [6.07, 6.45) is 5.81. The van der Waals surface area contributed by atoms with E-state index in [4.69, 9.17) is 0 Å². The number of nitrogens with zero attached hydrogens (tertiary/aromatic N) is 2. The molecule has 4 rings (SSSR count). The van der Waals surface area contributed by atoms with E-state index in [0.29, 0.717) is 18.5 Å². The lowest BCUT2D eigenvalue weighted by atomic mass is 10.2. The second kappa shape index (κ2) is 8.18. The zero-order valence-electron chi connectivity index (χ0n) is 17.3. The molecular weight excluding hydrogens is 421 g/mol. The van der Waals surface area contributed by atoms with E-state index >= 15 is 0 Å². The number of imidazole rings is 1. The van der Waals surface area contributed by atoms with Crippen LogP contribution in [-0.4, -0.2) is 28.2 Å². The van der Waals surface area contributed by atoms with Crippen molar-refractivity contribution in [2.24, 2.45) is 7.05 Å². The number of benzene rings is 1. The van der Waals surface area contributed by atoms with Crippen LogP contribution >= 0.6 is 0 Å². The minimum absolute atomic E-state index is 0.135. The number of nitrogens with one attached hydrogen (secondary N) is 3. The Morgan fingerprint density at radius 1 is 1.19 bits per heavy atom. The highest BCUT2D eigenvalue weighted by atomic mass is 32.2. The standard InChI is InChI=1S/C21H24FN5O3S/c1-13-7-8-17(16(22)9-13)25-20-18(26-31(29,30)14-5-3-4-6-14)10-15(21(28)27(20)2)19-11-23-12-24-19/h7-12,14,25-26H,3-6H2,1-2H3,(H,23,24). The van der Waals surface area contributed by atoms with Gasteiger partial charge in [0.1, 0.15) is 11.6 Å². The van der Waals surface area contributed by atoms with Crippen LogP contribution in [0.15, 0.2) is 41.6 Å². The molecule has 31 heavy (non-hydrogen) atoms. The Labute approximate surface area is 179 Å². The monoisotopic (exact) mass is 445 g/mol. The van der Waals surface area contributed by atoms with Crippen molar-refractivity contribution in [1.82, 2.24) is 14.5 Å². The third-order valence-corrected chi connectivity index (χ3v) is 7.43.